The maximum atomic E-state index is 11.7. The maximum Gasteiger partial charge on any atom is 0.425 e. The Morgan fingerprint density at radius 3 is 2.06 bits per heavy atom. The third-order valence-electron chi connectivity index (χ3n) is 5.82. The van der Waals surface area contributed by atoms with Crippen LogP contribution in [-0.2, 0) is 30.3 Å². The standard InChI is InChI=1S/C29H39NO6/c31-26(25-18-10-7-11-19-25)23-30-21-12-4-2-1-3-5-13-22-35-28(33)29(34)36-27(32)20-14-17-24-15-8-6-9-16-24/h6-11,15-16,18-19,26,30-31H,1-5,12-14,17,20-23H2. The molecule has 0 amide bonds. The lowest BCUT2D eigenvalue weighted by Gasteiger charge is -2.12. The first-order valence-electron chi connectivity index (χ1n) is 13.0. The molecule has 0 aliphatic carbocycles. The van der Waals surface area contributed by atoms with Crippen molar-refractivity contribution in [2.24, 2.45) is 0 Å². The molecule has 0 fully saturated rings. The molecule has 0 spiro atoms. The topological polar surface area (TPSA) is 102 Å². The van der Waals surface area contributed by atoms with Crippen LogP contribution in [0.4, 0.5) is 0 Å². The van der Waals surface area contributed by atoms with Crippen molar-refractivity contribution in [1.29, 1.82) is 0 Å². The third-order valence-corrected chi connectivity index (χ3v) is 5.82. The summed E-state index contributed by atoms with van der Waals surface area (Å²) in [6, 6.07) is 19.3. The smallest absolute Gasteiger partial charge is 0.425 e. The number of unbranched alkanes of at least 4 members (excludes halogenated alkanes) is 6. The van der Waals surface area contributed by atoms with E-state index in [1.54, 1.807) is 0 Å². The van der Waals surface area contributed by atoms with Gasteiger partial charge in [-0.1, -0.05) is 92.8 Å². The number of nitrogens with one attached hydrogen (secondary N) is 1. The monoisotopic (exact) mass is 497 g/mol. The summed E-state index contributed by atoms with van der Waals surface area (Å²) in [4.78, 5) is 35.1. The molecule has 0 radical (unpaired) electrons. The first-order valence-corrected chi connectivity index (χ1v) is 13.0. The molecule has 36 heavy (non-hydrogen) atoms. The van der Waals surface area contributed by atoms with Gasteiger partial charge in [-0.05, 0) is 43.4 Å². The van der Waals surface area contributed by atoms with E-state index >= 15 is 0 Å². The molecule has 0 aliphatic heterocycles. The Hall–Kier alpha value is -3.03. The van der Waals surface area contributed by atoms with Gasteiger partial charge in [0.2, 0.25) is 0 Å². The molecule has 0 saturated heterocycles. The van der Waals surface area contributed by atoms with Crippen LogP contribution >= 0.6 is 0 Å². The Kier molecular flexibility index (Phi) is 14.8. The number of aliphatic hydroxyl groups excluding tert-OH is 1. The number of rotatable bonds is 17. The number of hydrogen-bond donors (Lipinski definition) is 2. The highest BCUT2D eigenvalue weighted by atomic mass is 16.6. The minimum atomic E-state index is -1.25. The van der Waals surface area contributed by atoms with Gasteiger partial charge >= 0.3 is 17.9 Å². The van der Waals surface area contributed by atoms with Gasteiger partial charge in [0.1, 0.15) is 0 Å². The van der Waals surface area contributed by atoms with Crippen LogP contribution in [0.15, 0.2) is 60.7 Å². The van der Waals surface area contributed by atoms with Gasteiger partial charge in [0.25, 0.3) is 0 Å². The van der Waals surface area contributed by atoms with Crippen molar-refractivity contribution in [1.82, 2.24) is 5.32 Å². The van der Waals surface area contributed by atoms with Crippen LogP contribution in [0.5, 0.6) is 0 Å². The van der Waals surface area contributed by atoms with E-state index < -0.39 is 24.0 Å². The Bertz CT molecular complexity index is 887. The zero-order valence-corrected chi connectivity index (χ0v) is 21.0. The first kappa shape index (κ1) is 29.2. The summed E-state index contributed by atoms with van der Waals surface area (Å²) in [7, 11) is 0. The molecule has 0 saturated carbocycles. The van der Waals surface area contributed by atoms with E-state index in [0.29, 0.717) is 25.8 Å². The maximum absolute atomic E-state index is 11.7. The predicted molar refractivity (Wildman–Crippen MR) is 138 cm³/mol. The molecule has 0 aromatic heterocycles. The van der Waals surface area contributed by atoms with Crippen LogP contribution in [0.25, 0.3) is 0 Å². The van der Waals surface area contributed by atoms with Crippen LogP contribution in [0, 0.1) is 0 Å². The van der Waals surface area contributed by atoms with Gasteiger partial charge in [-0.15, -0.1) is 0 Å². The fourth-order valence-corrected chi connectivity index (χ4v) is 3.77. The van der Waals surface area contributed by atoms with E-state index in [2.05, 4.69) is 10.1 Å². The number of carbonyl (C=O) groups excluding carboxylic acids is 3. The zero-order chi connectivity index (χ0) is 25.8. The van der Waals surface area contributed by atoms with E-state index in [-0.39, 0.29) is 13.0 Å². The number of hydrogen-bond acceptors (Lipinski definition) is 7. The molecular weight excluding hydrogens is 458 g/mol. The molecule has 0 aliphatic rings. The molecule has 1 unspecified atom stereocenters. The minimum absolute atomic E-state index is 0.0691. The predicted octanol–water partition coefficient (Wildman–Crippen LogP) is 4.68. The van der Waals surface area contributed by atoms with Crippen molar-refractivity contribution in [3.63, 3.8) is 0 Å². The number of carbonyl (C=O) groups is 3. The SMILES string of the molecule is O=C(CCCc1ccccc1)OC(=O)C(=O)OCCCCCCCCCNCC(O)c1ccccc1. The van der Waals surface area contributed by atoms with E-state index in [1.807, 2.05) is 60.7 Å². The van der Waals surface area contributed by atoms with Crippen LogP contribution < -0.4 is 5.32 Å². The lowest BCUT2D eigenvalue weighted by atomic mass is 10.1. The van der Waals surface area contributed by atoms with Crippen molar-refractivity contribution < 1.29 is 29.0 Å². The molecule has 2 rings (SSSR count). The minimum Gasteiger partial charge on any atom is -0.457 e. The second-order valence-electron chi connectivity index (χ2n) is 8.84. The fourth-order valence-electron chi connectivity index (χ4n) is 3.77. The van der Waals surface area contributed by atoms with E-state index in [0.717, 1.165) is 56.2 Å². The van der Waals surface area contributed by atoms with Crippen molar-refractivity contribution in [3.05, 3.63) is 71.8 Å². The van der Waals surface area contributed by atoms with Crippen LogP contribution in [0.1, 0.15) is 75.0 Å². The van der Waals surface area contributed by atoms with Crippen molar-refractivity contribution in [2.45, 2.75) is 70.3 Å². The first-order chi connectivity index (χ1) is 17.6. The molecule has 7 heteroatoms. The summed E-state index contributed by atoms with van der Waals surface area (Å²) in [6.07, 6.45) is 7.84. The Morgan fingerprint density at radius 2 is 1.36 bits per heavy atom. The van der Waals surface area contributed by atoms with E-state index in [4.69, 9.17) is 4.74 Å². The molecule has 0 bridgehead atoms. The van der Waals surface area contributed by atoms with Gasteiger partial charge in [0, 0.05) is 13.0 Å². The number of ether oxygens (including phenoxy) is 2. The molecule has 196 valence electrons. The summed E-state index contributed by atoms with van der Waals surface area (Å²) in [5.41, 5.74) is 2.03. The second-order valence-corrected chi connectivity index (χ2v) is 8.84. The van der Waals surface area contributed by atoms with Gasteiger partial charge in [-0.25, -0.2) is 9.59 Å². The van der Waals surface area contributed by atoms with Gasteiger partial charge in [0.05, 0.1) is 12.7 Å². The molecule has 0 heterocycles. The Morgan fingerprint density at radius 1 is 0.750 bits per heavy atom. The molecule has 7 nitrogen and oxygen atoms in total. The highest BCUT2D eigenvalue weighted by Crippen LogP contribution is 2.11. The summed E-state index contributed by atoms with van der Waals surface area (Å²) >= 11 is 0. The average molecular weight is 498 g/mol. The van der Waals surface area contributed by atoms with Crippen LogP contribution in [-0.4, -0.2) is 42.7 Å². The lowest BCUT2D eigenvalue weighted by Crippen LogP contribution is -2.23. The normalized spacial score (nSPS) is 11.6. The molecule has 2 N–H and O–H groups in total. The van der Waals surface area contributed by atoms with Crippen LogP contribution in [0.3, 0.4) is 0 Å². The largest absolute Gasteiger partial charge is 0.457 e. The molecule has 2 aromatic rings. The number of esters is 3. The summed E-state index contributed by atoms with van der Waals surface area (Å²) in [5.74, 6) is -3.07. The fraction of sp³-hybridized carbons (Fsp3) is 0.483. The zero-order valence-electron chi connectivity index (χ0n) is 21.0. The second kappa shape index (κ2) is 18.3. The van der Waals surface area contributed by atoms with E-state index in [1.165, 1.54) is 0 Å². The molecule has 2 aromatic carbocycles. The number of aliphatic hydroxyl groups is 1. The summed E-state index contributed by atoms with van der Waals surface area (Å²) in [6.45, 7) is 1.58. The van der Waals surface area contributed by atoms with Gasteiger partial charge in [0.15, 0.2) is 0 Å². The molecular formula is C29H39NO6. The lowest BCUT2D eigenvalue weighted by molar-refractivity contribution is -0.173. The average Bonchev–Trinajstić information content (AvgIpc) is 2.90. The van der Waals surface area contributed by atoms with E-state index in [9.17, 15) is 19.5 Å². The van der Waals surface area contributed by atoms with Gasteiger partial charge < -0.3 is 19.9 Å². The quantitative estimate of drug-likeness (QED) is 0.142. The number of benzene rings is 2. The van der Waals surface area contributed by atoms with Crippen molar-refractivity contribution in [2.75, 3.05) is 19.7 Å². The Labute approximate surface area is 214 Å². The summed E-state index contributed by atoms with van der Waals surface area (Å²) < 4.78 is 9.47. The third kappa shape index (κ3) is 13.2. The van der Waals surface area contributed by atoms with Gasteiger partial charge in [-0.3, -0.25) is 4.79 Å². The highest BCUT2D eigenvalue weighted by molar-refractivity contribution is 6.31. The van der Waals surface area contributed by atoms with Crippen LogP contribution in [0.2, 0.25) is 0 Å². The van der Waals surface area contributed by atoms with Gasteiger partial charge in [-0.2, -0.15) is 0 Å². The van der Waals surface area contributed by atoms with Crippen molar-refractivity contribution >= 4 is 17.9 Å². The number of aryl methyl sites for hydroxylation is 1. The Balaban J connectivity index is 1.37. The summed E-state index contributed by atoms with van der Waals surface area (Å²) in [5, 5.41) is 13.4. The van der Waals surface area contributed by atoms with Crippen molar-refractivity contribution in [3.8, 4) is 0 Å². The molecule has 1 atom stereocenters. The highest BCUT2D eigenvalue weighted by Gasteiger charge is 2.20.